The summed E-state index contributed by atoms with van der Waals surface area (Å²) < 4.78 is 0. The molecule has 0 saturated heterocycles. The summed E-state index contributed by atoms with van der Waals surface area (Å²) in [5.74, 6) is -0.455. The number of hydrogen-bond acceptors (Lipinski definition) is 3. The standard InChI is InChI=1S/C18H19N3O2/c19-16(22)12-20-17-14-8-4-5-9-15(14)18(23)21(17)11-10-13-6-2-1-3-7-13/h1-9,17,20H,10-12H2,(H2,19,22). The Labute approximate surface area is 135 Å². The van der Waals surface area contributed by atoms with Crippen LogP contribution in [0.4, 0.5) is 0 Å². The van der Waals surface area contributed by atoms with Crippen LogP contribution < -0.4 is 11.1 Å². The van der Waals surface area contributed by atoms with Gasteiger partial charge in [-0.3, -0.25) is 14.9 Å². The molecule has 23 heavy (non-hydrogen) atoms. The van der Waals surface area contributed by atoms with Crippen LogP contribution in [0.2, 0.25) is 0 Å². The molecular weight excluding hydrogens is 290 g/mol. The molecule has 1 aliphatic heterocycles. The molecule has 5 nitrogen and oxygen atoms in total. The Kier molecular flexibility index (Phi) is 4.39. The van der Waals surface area contributed by atoms with Crippen LogP contribution in [-0.2, 0) is 11.2 Å². The van der Waals surface area contributed by atoms with Crippen molar-refractivity contribution in [3.8, 4) is 0 Å². The van der Waals surface area contributed by atoms with E-state index in [2.05, 4.69) is 5.32 Å². The third kappa shape index (κ3) is 3.24. The van der Waals surface area contributed by atoms with Gasteiger partial charge in [-0.1, -0.05) is 48.5 Å². The minimum Gasteiger partial charge on any atom is -0.369 e. The summed E-state index contributed by atoms with van der Waals surface area (Å²) in [7, 11) is 0. The molecule has 5 heteroatoms. The molecule has 0 saturated carbocycles. The average molecular weight is 309 g/mol. The van der Waals surface area contributed by atoms with Crippen molar-refractivity contribution >= 4 is 11.8 Å². The number of fused-ring (bicyclic) bond motifs is 1. The van der Waals surface area contributed by atoms with Gasteiger partial charge in [-0.05, 0) is 18.1 Å². The van der Waals surface area contributed by atoms with Crippen LogP contribution in [0.1, 0.15) is 27.7 Å². The number of amides is 2. The van der Waals surface area contributed by atoms with Gasteiger partial charge in [-0.15, -0.1) is 0 Å². The topological polar surface area (TPSA) is 75.4 Å². The number of nitrogens with zero attached hydrogens (tertiary/aromatic N) is 1. The Morgan fingerprint density at radius 1 is 1.09 bits per heavy atom. The molecular formula is C18H19N3O2. The zero-order valence-electron chi connectivity index (χ0n) is 12.7. The SMILES string of the molecule is NC(=O)CNC1c2ccccc2C(=O)N1CCc1ccccc1. The summed E-state index contributed by atoms with van der Waals surface area (Å²) >= 11 is 0. The molecule has 118 valence electrons. The summed E-state index contributed by atoms with van der Waals surface area (Å²) in [5, 5.41) is 3.08. The van der Waals surface area contributed by atoms with Gasteiger partial charge in [0.15, 0.2) is 0 Å². The highest BCUT2D eigenvalue weighted by molar-refractivity contribution is 5.99. The number of nitrogens with one attached hydrogen (secondary N) is 1. The molecule has 1 aliphatic rings. The Hall–Kier alpha value is -2.66. The first-order valence-electron chi connectivity index (χ1n) is 7.62. The van der Waals surface area contributed by atoms with Gasteiger partial charge >= 0.3 is 0 Å². The Bertz CT molecular complexity index is 715. The Balaban J connectivity index is 1.79. The smallest absolute Gasteiger partial charge is 0.255 e. The lowest BCUT2D eigenvalue weighted by Crippen LogP contribution is -2.41. The van der Waals surface area contributed by atoms with Gasteiger partial charge < -0.3 is 10.6 Å². The minimum absolute atomic E-state index is 0.0153. The zero-order valence-corrected chi connectivity index (χ0v) is 12.7. The number of carbonyl (C=O) groups excluding carboxylic acids is 2. The Morgan fingerprint density at radius 3 is 2.52 bits per heavy atom. The van der Waals surface area contributed by atoms with Gasteiger partial charge in [-0.2, -0.15) is 0 Å². The van der Waals surface area contributed by atoms with Crippen molar-refractivity contribution in [2.45, 2.75) is 12.6 Å². The number of nitrogens with two attached hydrogens (primary N) is 1. The van der Waals surface area contributed by atoms with Crippen LogP contribution in [0.15, 0.2) is 54.6 Å². The molecule has 0 spiro atoms. The van der Waals surface area contributed by atoms with E-state index in [0.29, 0.717) is 12.1 Å². The highest BCUT2D eigenvalue weighted by Crippen LogP contribution is 2.31. The van der Waals surface area contributed by atoms with E-state index in [1.54, 1.807) is 4.90 Å². The highest BCUT2D eigenvalue weighted by atomic mass is 16.2. The van der Waals surface area contributed by atoms with Crippen molar-refractivity contribution < 1.29 is 9.59 Å². The monoisotopic (exact) mass is 309 g/mol. The molecule has 1 atom stereocenters. The van der Waals surface area contributed by atoms with Crippen molar-refractivity contribution in [1.82, 2.24) is 10.2 Å². The first kappa shape index (κ1) is 15.2. The number of carbonyl (C=O) groups is 2. The fourth-order valence-electron chi connectivity index (χ4n) is 2.91. The van der Waals surface area contributed by atoms with Crippen molar-refractivity contribution in [3.05, 3.63) is 71.3 Å². The molecule has 1 unspecified atom stereocenters. The molecule has 1 heterocycles. The second-order valence-electron chi connectivity index (χ2n) is 5.57. The van der Waals surface area contributed by atoms with Crippen LogP contribution in [0, 0.1) is 0 Å². The molecule has 2 aromatic carbocycles. The van der Waals surface area contributed by atoms with Gasteiger partial charge in [0.2, 0.25) is 5.91 Å². The molecule has 2 aromatic rings. The summed E-state index contributed by atoms with van der Waals surface area (Å²) in [6, 6.07) is 17.5. The van der Waals surface area contributed by atoms with E-state index in [1.165, 1.54) is 5.56 Å². The van der Waals surface area contributed by atoms with Gasteiger partial charge in [0.05, 0.1) is 6.54 Å². The van der Waals surface area contributed by atoms with E-state index in [4.69, 9.17) is 5.73 Å². The van der Waals surface area contributed by atoms with Crippen LogP contribution in [-0.4, -0.2) is 29.8 Å². The van der Waals surface area contributed by atoms with E-state index in [-0.39, 0.29) is 18.6 Å². The van der Waals surface area contributed by atoms with E-state index in [9.17, 15) is 9.59 Å². The van der Waals surface area contributed by atoms with E-state index < -0.39 is 5.91 Å². The highest BCUT2D eigenvalue weighted by Gasteiger charge is 2.35. The maximum atomic E-state index is 12.6. The van der Waals surface area contributed by atoms with Crippen LogP contribution in [0.5, 0.6) is 0 Å². The summed E-state index contributed by atoms with van der Waals surface area (Å²) in [4.78, 5) is 25.5. The first-order valence-corrected chi connectivity index (χ1v) is 7.62. The number of primary amides is 1. The second kappa shape index (κ2) is 6.62. The van der Waals surface area contributed by atoms with Crippen LogP contribution in [0.25, 0.3) is 0 Å². The van der Waals surface area contributed by atoms with Crippen molar-refractivity contribution in [3.63, 3.8) is 0 Å². The third-order valence-electron chi connectivity index (χ3n) is 4.01. The van der Waals surface area contributed by atoms with Gasteiger partial charge in [0, 0.05) is 17.7 Å². The van der Waals surface area contributed by atoms with Crippen LogP contribution >= 0.6 is 0 Å². The molecule has 3 rings (SSSR count). The third-order valence-corrected chi connectivity index (χ3v) is 4.01. The molecule has 2 amide bonds. The minimum atomic E-state index is -0.440. The van der Waals surface area contributed by atoms with Gasteiger partial charge in [-0.25, -0.2) is 0 Å². The molecule has 0 fully saturated rings. The van der Waals surface area contributed by atoms with Gasteiger partial charge in [0.1, 0.15) is 6.17 Å². The predicted octanol–water partition coefficient (Wildman–Crippen LogP) is 1.46. The van der Waals surface area contributed by atoms with Crippen molar-refractivity contribution in [2.24, 2.45) is 5.73 Å². The van der Waals surface area contributed by atoms with E-state index in [0.717, 1.165) is 12.0 Å². The summed E-state index contributed by atoms with van der Waals surface area (Å²) in [5.41, 5.74) is 7.98. The fraction of sp³-hybridized carbons (Fsp3) is 0.222. The lowest BCUT2D eigenvalue weighted by molar-refractivity contribution is -0.117. The van der Waals surface area contributed by atoms with Crippen LogP contribution in [0.3, 0.4) is 0 Å². The Morgan fingerprint density at radius 2 is 1.78 bits per heavy atom. The number of rotatable bonds is 6. The fourth-order valence-corrected chi connectivity index (χ4v) is 2.91. The summed E-state index contributed by atoms with van der Waals surface area (Å²) in [6.45, 7) is 0.613. The predicted molar refractivity (Wildman–Crippen MR) is 87.6 cm³/mol. The molecule has 0 bridgehead atoms. The molecule has 0 aliphatic carbocycles. The normalized spacial score (nSPS) is 16.4. The maximum absolute atomic E-state index is 12.6. The average Bonchev–Trinajstić information content (AvgIpc) is 2.84. The largest absolute Gasteiger partial charge is 0.369 e. The zero-order chi connectivity index (χ0) is 16.2. The molecule has 0 aromatic heterocycles. The molecule has 0 radical (unpaired) electrons. The lowest BCUT2D eigenvalue weighted by Gasteiger charge is -2.26. The maximum Gasteiger partial charge on any atom is 0.255 e. The van der Waals surface area contributed by atoms with Gasteiger partial charge in [0.25, 0.3) is 5.91 Å². The number of benzene rings is 2. The lowest BCUT2D eigenvalue weighted by atomic mass is 10.1. The number of hydrogen-bond donors (Lipinski definition) is 2. The van der Waals surface area contributed by atoms with Crippen molar-refractivity contribution in [1.29, 1.82) is 0 Å². The quantitative estimate of drug-likeness (QED) is 0.848. The van der Waals surface area contributed by atoms with E-state index >= 15 is 0 Å². The first-order chi connectivity index (χ1) is 11.2. The van der Waals surface area contributed by atoms with E-state index in [1.807, 2.05) is 54.6 Å². The molecule has 3 N–H and O–H groups in total. The summed E-state index contributed by atoms with van der Waals surface area (Å²) in [6.07, 6.45) is 0.449. The van der Waals surface area contributed by atoms with Crippen molar-refractivity contribution in [2.75, 3.05) is 13.1 Å². The second-order valence-corrected chi connectivity index (χ2v) is 5.57.